The van der Waals surface area contributed by atoms with Crippen molar-refractivity contribution in [2.45, 2.75) is 12.8 Å². The van der Waals surface area contributed by atoms with Crippen molar-refractivity contribution >= 4 is 6.29 Å². The SMILES string of the molecule is Cn1c(CCC=O)nc(-c2ccccc2)c1-c1ccccc1. The van der Waals surface area contributed by atoms with Crippen molar-refractivity contribution in [3.8, 4) is 22.5 Å². The van der Waals surface area contributed by atoms with Gasteiger partial charge in [0.25, 0.3) is 0 Å². The van der Waals surface area contributed by atoms with Crippen LogP contribution in [-0.4, -0.2) is 15.8 Å². The third kappa shape index (κ3) is 2.70. The molecule has 0 aliphatic carbocycles. The minimum atomic E-state index is 0.493. The van der Waals surface area contributed by atoms with E-state index >= 15 is 0 Å². The molecule has 1 heterocycles. The van der Waals surface area contributed by atoms with Gasteiger partial charge in [0.2, 0.25) is 0 Å². The highest BCUT2D eigenvalue weighted by molar-refractivity contribution is 5.79. The number of hydrogen-bond donors (Lipinski definition) is 0. The molecule has 0 spiro atoms. The summed E-state index contributed by atoms with van der Waals surface area (Å²) in [5.74, 6) is 0.935. The summed E-state index contributed by atoms with van der Waals surface area (Å²) in [4.78, 5) is 15.5. The van der Waals surface area contributed by atoms with Crippen LogP contribution in [0.1, 0.15) is 12.2 Å². The average molecular weight is 290 g/mol. The summed E-state index contributed by atoms with van der Waals surface area (Å²) in [7, 11) is 2.02. The molecule has 0 aliphatic rings. The van der Waals surface area contributed by atoms with E-state index in [0.29, 0.717) is 12.8 Å². The maximum absolute atomic E-state index is 10.7. The Hall–Kier alpha value is -2.68. The summed E-state index contributed by atoms with van der Waals surface area (Å²) in [6.07, 6.45) is 2.10. The summed E-state index contributed by atoms with van der Waals surface area (Å²) >= 11 is 0. The zero-order valence-electron chi connectivity index (χ0n) is 12.6. The van der Waals surface area contributed by atoms with Crippen LogP contribution in [0.15, 0.2) is 60.7 Å². The minimum Gasteiger partial charge on any atom is -0.331 e. The molecule has 0 radical (unpaired) electrons. The first kappa shape index (κ1) is 14.3. The number of aldehydes is 1. The second-order valence-electron chi connectivity index (χ2n) is 5.22. The zero-order valence-corrected chi connectivity index (χ0v) is 12.6. The van der Waals surface area contributed by atoms with E-state index in [1.807, 2.05) is 43.4 Å². The number of carbonyl (C=O) groups excluding carboxylic acids is 1. The Kier molecular flexibility index (Phi) is 4.15. The van der Waals surface area contributed by atoms with Crippen LogP contribution in [0.4, 0.5) is 0 Å². The Morgan fingerprint density at radius 3 is 2.14 bits per heavy atom. The first-order valence-electron chi connectivity index (χ1n) is 7.41. The van der Waals surface area contributed by atoms with Gasteiger partial charge < -0.3 is 9.36 Å². The van der Waals surface area contributed by atoms with E-state index in [-0.39, 0.29) is 0 Å². The maximum atomic E-state index is 10.7. The second kappa shape index (κ2) is 6.39. The van der Waals surface area contributed by atoms with Gasteiger partial charge >= 0.3 is 0 Å². The van der Waals surface area contributed by atoms with Crippen molar-refractivity contribution in [3.63, 3.8) is 0 Å². The molecule has 3 nitrogen and oxygen atoms in total. The average Bonchev–Trinajstić information content (AvgIpc) is 2.91. The molecule has 0 amide bonds. The van der Waals surface area contributed by atoms with Crippen LogP contribution in [0.3, 0.4) is 0 Å². The Morgan fingerprint density at radius 1 is 0.955 bits per heavy atom. The van der Waals surface area contributed by atoms with Gasteiger partial charge in [0.05, 0.1) is 11.4 Å². The van der Waals surface area contributed by atoms with E-state index in [0.717, 1.165) is 34.6 Å². The van der Waals surface area contributed by atoms with Crippen LogP contribution in [0.2, 0.25) is 0 Å². The summed E-state index contributed by atoms with van der Waals surface area (Å²) in [6, 6.07) is 20.4. The van der Waals surface area contributed by atoms with Gasteiger partial charge in [-0.2, -0.15) is 0 Å². The Morgan fingerprint density at radius 2 is 1.55 bits per heavy atom. The van der Waals surface area contributed by atoms with Crippen LogP contribution >= 0.6 is 0 Å². The molecule has 0 aliphatic heterocycles. The van der Waals surface area contributed by atoms with Crippen LogP contribution in [-0.2, 0) is 18.3 Å². The zero-order chi connectivity index (χ0) is 15.4. The van der Waals surface area contributed by atoms with Crippen molar-refractivity contribution in [1.82, 2.24) is 9.55 Å². The molecule has 3 rings (SSSR count). The van der Waals surface area contributed by atoms with Gasteiger partial charge in [0.15, 0.2) is 0 Å². The topological polar surface area (TPSA) is 34.9 Å². The number of imidazole rings is 1. The third-order valence-electron chi connectivity index (χ3n) is 3.77. The highest BCUT2D eigenvalue weighted by Gasteiger charge is 2.17. The standard InChI is InChI=1S/C19H18N2O/c1-21-17(13-8-14-22)20-18(15-9-4-2-5-10-15)19(21)16-11-6-3-7-12-16/h2-7,9-12,14H,8,13H2,1H3. The largest absolute Gasteiger partial charge is 0.331 e. The number of hydrogen-bond acceptors (Lipinski definition) is 2. The van der Waals surface area contributed by atoms with Gasteiger partial charge in [0, 0.05) is 31.0 Å². The monoisotopic (exact) mass is 290 g/mol. The van der Waals surface area contributed by atoms with Crippen LogP contribution in [0.25, 0.3) is 22.5 Å². The van der Waals surface area contributed by atoms with Gasteiger partial charge in [0.1, 0.15) is 12.1 Å². The predicted octanol–water partition coefficient (Wildman–Crippen LogP) is 3.89. The first-order valence-corrected chi connectivity index (χ1v) is 7.41. The summed E-state index contributed by atoms with van der Waals surface area (Å²) in [6.45, 7) is 0. The van der Waals surface area contributed by atoms with Crippen molar-refractivity contribution in [2.75, 3.05) is 0 Å². The molecule has 0 N–H and O–H groups in total. The molecule has 3 aromatic rings. The van der Waals surface area contributed by atoms with Gasteiger partial charge in [-0.3, -0.25) is 0 Å². The van der Waals surface area contributed by atoms with E-state index < -0.39 is 0 Å². The molecule has 2 aromatic carbocycles. The molecule has 110 valence electrons. The minimum absolute atomic E-state index is 0.493. The van der Waals surface area contributed by atoms with Crippen LogP contribution in [0, 0.1) is 0 Å². The molecular weight excluding hydrogens is 272 g/mol. The lowest BCUT2D eigenvalue weighted by atomic mass is 10.1. The van der Waals surface area contributed by atoms with Crippen LogP contribution in [0.5, 0.6) is 0 Å². The Bertz CT molecular complexity index is 761. The van der Waals surface area contributed by atoms with Gasteiger partial charge in [-0.05, 0) is 0 Å². The smallest absolute Gasteiger partial charge is 0.120 e. The lowest BCUT2D eigenvalue weighted by Gasteiger charge is -2.07. The van der Waals surface area contributed by atoms with Gasteiger partial charge in [-0.15, -0.1) is 0 Å². The van der Waals surface area contributed by atoms with E-state index in [4.69, 9.17) is 4.98 Å². The Labute approximate surface area is 130 Å². The maximum Gasteiger partial charge on any atom is 0.120 e. The number of rotatable bonds is 5. The fraction of sp³-hybridized carbons (Fsp3) is 0.158. The second-order valence-corrected chi connectivity index (χ2v) is 5.22. The molecule has 1 aromatic heterocycles. The van der Waals surface area contributed by atoms with Crippen molar-refractivity contribution in [3.05, 3.63) is 66.5 Å². The van der Waals surface area contributed by atoms with Gasteiger partial charge in [-0.25, -0.2) is 4.98 Å². The van der Waals surface area contributed by atoms with E-state index in [1.54, 1.807) is 0 Å². The van der Waals surface area contributed by atoms with E-state index in [9.17, 15) is 4.79 Å². The highest BCUT2D eigenvalue weighted by atomic mass is 16.1. The van der Waals surface area contributed by atoms with Crippen molar-refractivity contribution in [1.29, 1.82) is 0 Å². The van der Waals surface area contributed by atoms with Crippen molar-refractivity contribution in [2.24, 2.45) is 7.05 Å². The van der Waals surface area contributed by atoms with E-state index in [2.05, 4.69) is 28.8 Å². The fourth-order valence-corrected chi connectivity index (χ4v) is 2.68. The number of benzene rings is 2. The summed E-state index contributed by atoms with van der Waals surface area (Å²) in [5.41, 5.74) is 4.28. The number of nitrogens with zero attached hydrogens (tertiary/aromatic N) is 2. The normalized spacial score (nSPS) is 10.6. The predicted molar refractivity (Wildman–Crippen MR) is 88.5 cm³/mol. The molecule has 0 atom stereocenters. The van der Waals surface area contributed by atoms with Crippen molar-refractivity contribution < 1.29 is 4.79 Å². The number of aromatic nitrogens is 2. The fourth-order valence-electron chi connectivity index (χ4n) is 2.68. The lowest BCUT2D eigenvalue weighted by molar-refractivity contribution is -0.107. The van der Waals surface area contributed by atoms with Gasteiger partial charge in [-0.1, -0.05) is 60.7 Å². The summed E-state index contributed by atoms with van der Waals surface area (Å²) < 4.78 is 2.10. The quantitative estimate of drug-likeness (QED) is 0.668. The summed E-state index contributed by atoms with van der Waals surface area (Å²) in [5, 5.41) is 0. The molecule has 0 saturated carbocycles. The lowest BCUT2D eigenvalue weighted by Crippen LogP contribution is -2.00. The Balaban J connectivity index is 2.17. The number of carbonyl (C=O) groups is 1. The molecule has 0 unspecified atom stereocenters. The van der Waals surface area contributed by atoms with E-state index in [1.165, 1.54) is 0 Å². The molecule has 22 heavy (non-hydrogen) atoms. The molecule has 0 bridgehead atoms. The molecule has 0 fully saturated rings. The van der Waals surface area contributed by atoms with Crippen LogP contribution < -0.4 is 0 Å². The molecule has 3 heteroatoms. The molecule has 0 saturated heterocycles. The highest BCUT2D eigenvalue weighted by Crippen LogP contribution is 2.32. The third-order valence-corrected chi connectivity index (χ3v) is 3.77. The number of aryl methyl sites for hydroxylation is 1. The molecular formula is C19H18N2O. The first-order chi connectivity index (χ1) is 10.8.